The van der Waals surface area contributed by atoms with Gasteiger partial charge in [-0.2, -0.15) is 13.2 Å². The molecule has 9 heteroatoms. The van der Waals surface area contributed by atoms with Crippen LogP contribution in [0.3, 0.4) is 0 Å². The van der Waals surface area contributed by atoms with E-state index in [2.05, 4.69) is 4.84 Å². The molecule has 1 saturated heterocycles. The molecule has 1 amide bonds. The van der Waals surface area contributed by atoms with E-state index in [9.17, 15) is 22.8 Å². The van der Waals surface area contributed by atoms with Crippen LogP contribution < -0.4 is 0 Å². The molecule has 0 N–H and O–H groups in total. The summed E-state index contributed by atoms with van der Waals surface area (Å²) in [5.41, 5.74) is 0.946. The number of nitrogens with zero attached hydrogens (tertiary/aromatic N) is 2. The Bertz CT molecular complexity index is 629. The summed E-state index contributed by atoms with van der Waals surface area (Å²) in [7, 11) is 0. The molecule has 0 saturated carbocycles. The van der Waals surface area contributed by atoms with Crippen LogP contribution in [0.15, 0.2) is 24.3 Å². The maximum absolute atomic E-state index is 12.2. The zero-order valence-electron chi connectivity index (χ0n) is 14.3. The molecule has 26 heavy (non-hydrogen) atoms. The lowest BCUT2D eigenvalue weighted by atomic mass is 9.97. The molecule has 1 aromatic carbocycles. The number of carbonyl (C=O) groups is 2. The van der Waals surface area contributed by atoms with Crippen molar-refractivity contribution in [1.29, 1.82) is 0 Å². The van der Waals surface area contributed by atoms with Crippen LogP contribution in [0.5, 0.6) is 0 Å². The summed E-state index contributed by atoms with van der Waals surface area (Å²) < 4.78 is 36.7. The van der Waals surface area contributed by atoms with Crippen LogP contribution in [0.4, 0.5) is 13.2 Å². The first-order valence-electron chi connectivity index (χ1n) is 8.19. The van der Waals surface area contributed by atoms with Gasteiger partial charge in [-0.3, -0.25) is 4.79 Å². The quantitative estimate of drug-likeness (QED) is 0.770. The van der Waals surface area contributed by atoms with Crippen molar-refractivity contribution < 1.29 is 27.6 Å². The second kappa shape index (κ2) is 8.73. The fraction of sp³-hybridized carbons (Fsp3) is 0.529. The van der Waals surface area contributed by atoms with Gasteiger partial charge in [0, 0.05) is 38.1 Å². The standard InChI is InChI=1S/C17H20ClF3N2O3/c1-12(24)22(10-13-2-4-15(18)5-3-13)11-14-6-8-23(9-7-14)26-16(25)17(19,20)21/h2-5,14H,6-11H2,1H3. The van der Waals surface area contributed by atoms with Gasteiger partial charge in [-0.1, -0.05) is 23.7 Å². The van der Waals surface area contributed by atoms with Gasteiger partial charge >= 0.3 is 12.1 Å². The summed E-state index contributed by atoms with van der Waals surface area (Å²) in [6.07, 6.45) is -3.92. The third-order valence-electron chi connectivity index (χ3n) is 4.23. The number of halogens is 4. The Hall–Kier alpha value is -1.80. The van der Waals surface area contributed by atoms with Crippen molar-refractivity contribution in [1.82, 2.24) is 9.96 Å². The van der Waals surface area contributed by atoms with E-state index in [-0.39, 0.29) is 24.9 Å². The van der Waals surface area contributed by atoms with Crippen LogP contribution in [-0.2, 0) is 21.0 Å². The summed E-state index contributed by atoms with van der Waals surface area (Å²) in [5.74, 6) is -2.15. The fourth-order valence-corrected chi connectivity index (χ4v) is 2.90. The van der Waals surface area contributed by atoms with Gasteiger partial charge in [-0.05, 0) is 36.5 Å². The minimum atomic E-state index is -5.00. The molecule has 1 heterocycles. The first-order chi connectivity index (χ1) is 12.1. The van der Waals surface area contributed by atoms with Gasteiger partial charge in [0.15, 0.2) is 0 Å². The molecule has 0 atom stereocenters. The lowest BCUT2D eigenvalue weighted by Gasteiger charge is -2.33. The molecule has 144 valence electrons. The Kier molecular flexibility index (Phi) is 6.88. The highest BCUT2D eigenvalue weighted by molar-refractivity contribution is 6.30. The first-order valence-corrected chi connectivity index (χ1v) is 8.57. The maximum Gasteiger partial charge on any atom is 0.492 e. The number of carbonyl (C=O) groups excluding carboxylic acids is 2. The minimum Gasteiger partial charge on any atom is -0.361 e. The van der Waals surface area contributed by atoms with Crippen molar-refractivity contribution in [2.24, 2.45) is 5.92 Å². The Labute approximate surface area is 154 Å². The summed E-state index contributed by atoms with van der Waals surface area (Å²) in [5, 5.41) is 1.65. The van der Waals surface area contributed by atoms with E-state index in [0.717, 1.165) is 10.6 Å². The fourth-order valence-electron chi connectivity index (χ4n) is 2.78. The summed E-state index contributed by atoms with van der Waals surface area (Å²) in [4.78, 5) is 28.8. The highest BCUT2D eigenvalue weighted by atomic mass is 35.5. The van der Waals surface area contributed by atoms with Gasteiger partial charge in [0.25, 0.3) is 0 Å². The van der Waals surface area contributed by atoms with Crippen molar-refractivity contribution in [3.05, 3.63) is 34.9 Å². The van der Waals surface area contributed by atoms with E-state index in [1.54, 1.807) is 17.0 Å². The monoisotopic (exact) mass is 392 g/mol. The SMILES string of the molecule is CC(=O)N(Cc1ccc(Cl)cc1)CC1CCN(OC(=O)C(F)(F)F)CC1. The van der Waals surface area contributed by atoms with Crippen LogP contribution >= 0.6 is 11.6 Å². The third-order valence-corrected chi connectivity index (χ3v) is 4.48. The summed E-state index contributed by atoms with van der Waals surface area (Å²) in [6.45, 7) is 2.84. The maximum atomic E-state index is 12.2. The van der Waals surface area contributed by atoms with Gasteiger partial charge in [-0.25, -0.2) is 4.79 Å². The topological polar surface area (TPSA) is 49.9 Å². The first kappa shape index (κ1) is 20.5. The molecular weight excluding hydrogens is 373 g/mol. The number of rotatable bonds is 5. The van der Waals surface area contributed by atoms with E-state index >= 15 is 0 Å². The van der Waals surface area contributed by atoms with Crippen LogP contribution in [0.1, 0.15) is 25.3 Å². The average molecular weight is 393 g/mol. The predicted octanol–water partition coefficient (Wildman–Crippen LogP) is 3.42. The number of alkyl halides is 3. The van der Waals surface area contributed by atoms with E-state index in [0.29, 0.717) is 31.0 Å². The highest BCUT2D eigenvalue weighted by Crippen LogP contribution is 2.23. The second-order valence-corrected chi connectivity index (χ2v) is 6.71. The molecule has 1 fully saturated rings. The van der Waals surface area contributed by atoms with Crippen LogP contribution in [0.25, 0.3) is 0 Å². The van der Waals surface area contributed by atoms with Gasteiger partial charge in [-0.15, -0.1) is 5.06 Å². The molecule has 0 radical (unpaired) electrons. The Morgan fingerprint density at radius 3 is 2.31 bits per heavy atom. The van der Waals surface area contributed by atoms with E-state index in [4.69, 9.17) is 11.6 Å². The second-order valence-electron chi connectivity index (χ2n) is 6.27. The Morgan fingerprint density at radius 2 is 1.81 bits per heavy atom. The number of hydroxylamine groups is 2. The van der Waals surface area contributed by atoms with E-state index in [1.807, 2.05) is 12.1 Å². The molecule has 1 aliphatic rings. The summed E-state index contributed by atoms with van der Waals surface area (Å²) in [6, 6.07) is 7.19. The van der Waals surface area contributed by atoms with Crippen LogP contribution in [0.2, 0.25) is 5.02 Å². The largest absolute Gasteiger partial charge is 0.492 e. The van der Waals surface area contributed by atoms with Crippen molar-refractivity contribution in [3.8, 4) is 0 Å². The lowest BCUT2D eigenvalue weighted by molar-refractivity contribution is -0.242. The minimum absolute atomic E-state index is 0.0779. The normalized spacial score (nSPS) is 16.3. The molecular formula is C17H20ClF3N2O3. The number of piperidine rings is 1. The third kappa shape index (κ3) is 6.17. The van der Waals surface area contributed by atoms with Crippen LogP contribution in [-0.4, -0.2) is 47.7 Å². The molecule has 0 spiro atoms. The number of hydrogen-bond acceptors (Lipinski definition) is 4. The number of hydrogen-bond donors (Lipinski definition) is 0. The van der Waals surface area contributed by atoms with Crippen molar-refractivity contribution >= 4 is 23.5 Å². The van der Waals surface area contributed by atoms with Crippen molar-refractivity contribution in [3.63, 3.8) is 0 Å². The smallest absolute Gasteiger partial charge is 0.361 e. The van der Waals surface area contributed by atoms with Gasteiger partial charge < -0.3 is 9.74 Å². The zero-order valence-corrected chi connectivity index (χ0v) is 15.0. The molecule has 0 bridgehead atoms. The van der Waals surface area contributed by atoms with Crippen LogP contribution in [0, 0.1) is 5.92 Å². The Morgan fingerprint density at radius 1 is 1.23 bits per heavy atom. The number of amides is 1. The highest BCUT2D eigenvalue weighted by Gasteiger charge is 2.43. The predicted molar refractivity (Wildman–Crippen MR) is 89.0 cm³/mol. The molecule has 5 nitrogen and oxygen atoms in total. The molecule has 2 rings (SSSR count). The molecule has 1 aromatic rings. The molecule has 0 unspecified atom stereocenters. The molecule has 1 aliphatic heterocycles. The van der Waals surface area contributed by atoms with Crippen molar-refractivity contribution in [2.45, 2.75) is 32.5 Å². The van der Waals surface area contributed by atoms with E-state index < -0.39 is 12.1 Å². The summed E-state index contributed by atoms with van der Waals surface area (Å²) >= 11 is 5.85. The van der Waals surface area contributed by atoms with Gasteiger partial charge in [0.1, 0.15) is 0 Å². The molecule has 0 aromatic heterocycles. The van der Waals surface area contributed by atoms with Gasteiger partial charge in [0.05, 0.1) is 0 Å². The molecule has 0 aliphatic carbocycles. The zero-order chi connectivity index (χ0) is 19.3. The Balaban J connectivity index is 1.84. The van der Waals surface area contributed by atoms with Gasteiger partial charge in [0.2, 0.25) is 5.91 Å². The number of benzene rings is 1. The average Bonchev–Trinajstić information content (AvgIpc) is 2.57. The lowest BCUT2D eigenvalue weighted by Crippen LogP contribution is -2.42. The van der Waals surface area contributed by atoms with E-state index in [1.165, 1.54) is 6.92 Å². The van der Waals surface area contributed by atoms with Crippen molar-refractivity contribution in [2.75, 3.05) is 19.6 Å².